The molecule has 0 aromatic heterocycles. The molecule has 5 nitrogen and oxygen atoms in total. The van der Waals surface area contributed by atoms with Crippen LogP contribution in [0.4, 0.5) is 0 Å². The highest BCUT2D eigenvalue weighted by Gasteiger charge is 2.20. The lowest BCUT2D eigenvalue weighted by molar-refractivity contribution is -0.156. The Kier molecular flexibility index (Phi) is 5.87. The van der Waals surface area contributed by atoms with Crippen LogP contribution < -0.4 is 0 Å². The Morgan fingerprint density at radius 1 is 1.28 bits per heavy atom. The van der Waals surface area contributed by atoms with Crippen molar-refractivity contribution in [3.05, 3.63) is 35.9 Å². The number of aliphatic carboxylic acids is 1. The van der Waals surface area contributed by atoms with Gasteiger partial charge in [-0.3, -0.25) is 4.79 Å². The number of rotatable bonds is 7. The van der Waals surface area contributed by atoms with Gasteiger partial charge in [0, 0.05) is 6.42 Å². The topological polar surface area (TPSA) is 72.8 Å². The van der Waals surface area contributed by atoms with Gasteiger partial charge in [0.25, 0.3) is 0 Å². The van der Waals surface area contributed by atoms with Crippen LogP contribution in [0.25, 0.3) is 0 Å². The molecule has 1 N–H and O–H groups in total. The van der Waals surface area contributed by atoms with E-state index in [4.69, 9.17) is 9.84 Å². The van der Waals surface area contributed by atoms with Crippen molar-refractivity contribution < 1.29 is 24.2 Å². The molecule has 0 aliphatic carbocycles. The molecule has 0 unspecified atom stereocenters. The third-order valence-electron chi connectivity index (χ3n) is 2.38. The first-order valence-corrected chi connectivity index (χ1v) is 5.58. The summed E-state index contributed by atoms with van der Waals surface area (Å²) >= 11 is 0. The lowest BCUT2D eigenvalue weighted by Gasteiger charge is -2.14. The number of benzene rings is 1. The highest BCUT2D eigenvalue weighted by molar-refractivity contribution is 5.75. The van der Waals surface area contributed by atoms with Gasteiger partial charge in [-0.2, -0.15) is 0 Å². The van der Waals surface area contributed by atoms with Crippen LogP contribution in [0, 0.1) is 0 Å². The zero-order valence-corrected chi connectivity index (χ0v) is 10.2. The third kappa shape index (κ3) is 4.97. The molecule has 0 heterocycles. The Labute approximate surface area is 105 Å². The van der Waals surface area contributed by atoms with Gasteiger partial charge in [0.1, 0.15) is 0 Å². The minimum Gasteiger partial charge on any atom is -0.481 e. The van der Waals surface area contributed by atoms with Gasteiger partial charge < -0.3 is 14.6 Å². The molecule has 1 aromatic rings. The molecule has 0 fully saturated rings. The lowest BCUT2D eigenvalue weighted by Crippen LogP contribution is -2.26. The van der Waals surface area contributed by atoms with Crippen molar-refractivity contribution >= 4 is 11.9 Å². The molecule has 98 valence electrons. The van der Waals surface area contributed by atoms with Crippen molar-refractivity contribution in [3.8, 4) is 0 Å². The number of carboxylic acid groups (broad SMARTS) is 1. The van der Waals surface area contributed by atoms with E-state index in [0.717, 1.165) is 5.56 Å². The van der Waals surface area contributed by atoms with Crippen LogP contribution in [0.1, 0.15) is 18.4 Å². The van der Waals surface area contributed by atoms with E-state index in [9.17, 15) is 9.59 Å². The number of carbonyl (C=O) groups is 2. The van der Waals surface area contributed by atoms with Crippen molar-refractivity contribution in [1.29, 1.82) is 0 Å². The van der Waals surface area contributed by atoms with Gasteiger partial charge in [-0.25, -0.2) is 4.79 Å². The van der Waals surface area contributed by atoms with Gasteiger partial charge in [0.15, 0.2) is 6.10 Å². The van der Waals surface area contributed by atoms with E-state index in [1.54, 1.807) is 0 Å². The van der Waals surface area contributed by atoms with Crippen molar-refractivity contribution in [2.24, 2.45) is 0 Å². The van der Waals surface area contributed by atoms with Gasteiger partial charge in [-0.15, -0.1) is 0 Å². The molecule has 0 spiro atoms. The molecule has 0 bridgehead atoms. The number of carboxylic acids is 1. The average Bonchev–Trinajstić information content (AvgIpc) is 2.39. The fraction of sp³-hybridized carbons (Fsp3) is 0.385. The Balaban J connectivity index is 2.50. The first kappa shape index (κ1) is 14.2. The van der Waals surface area contributed by atoms with E-state index in [2.05, 4.69) is 4.74 Å². The Bertz CT molecular complexity index is 388. The van der Waals surface area contributed by atoms with Crippen molar-refractivity contribution in [3.63, 3.8) is 0 Å². The predicted octanol–water partition coefficient (Wildman–Crippen LogP) is 1.61. The molecular formula is C13H16O5. The van der Waals surface area contributed by atoms with Crippen LogP contribution in [0.5, 0.6) is 0 Å². The molecule has 1 atom stereocenters. The van der Waals surface area contributed by atoms with Crippen LogP contribution in [-0.4, -0.2) is 30.3 Å². The minimum atomic E-state index is -0.966. The number of carbonyl (C=O) groups excluding carboxylic acids is 1. The van der Waals surface area contributed by atoms with Crippen molar-refractivity contribution in [2.45, 2.75) is 25.6 Å². The SMILES string of the molecule is COC(=O)[C@H](CCC(=O)O)OCc1ccccc1. The maximum atomic E-state index is 11.4. The van der Waals surface area contributed by atoms with Crippen molar-refractivity contribution in [1.82, 2.24) is 0 Å². The summed E-state index contributed by atoms with van der Waals surface area (Å²) < 4.78 is 9.97. The standard InChI is InChI=1S/C13H16O5/c1-17-13(16)11(7-8-12(14)15)18-9-10-5-3-2-4-6-10/h2-6,11H,7-9H2,1H3,(H,14,15)/t11-/m0/s1. The van der Waals surface area contributed by atoms with E-state index in [-0.39, 0.29) is 19.4 Å². The predicted molar refractivity (Wildman–Crippen MR) is 63.9 cm³/mol. The van der Waals surface area contributed by atoms with Gasteiger partial charge in [-0.05, 0) is 12.0 Å². The molecule has 0 saturated heterocycles. The van der Waals surface area contributed by atoms with Gasteiger partial charge in [-0.1, -0.05) is 30.3 Å². The average molecular weight is 252 g/mol. The van der Waals surface area contributed by atoms with Gasteiger partial charge in [0.05, 0.1) is 13.7 Å². The molecule has 1 rings (SSSR count). The molecule has 1 aromatic carbocycles. The highest BCUT2D eigenvalue weighted by atomic mass is 16.6. The summed E-state index contributed by atoms with van der Waals surface area (Å²) in [5.74, 6) is -1.51. The van der Waals surface area contributed by atoms with E-state index in [1.807, 2.05) is 30.3 Å². The second-order valence-corrected chi connectivity index (χ2v) is 3.74. The third-order valence-corrected chi connectivity index (χ3v) is 2.38. The lowest BCUT2D eigenvalue weighted by atomic mass is 10.2. The van der Waals surface area contributed by atoms with Gasteiger partial charge in [0.2, 0.25) is 0 Å². The number of methoxy groups -OCH3 is 1. The zero-order valence-electron chi connectivity index (χ0n) is 10.2. The van der Waals surface area contributed by atoms with E-state index < -0.39 is 18.0 Å². The highest BCUT2D eigenvalue weighted by Crippen LogP contribution is 2.09. The molecule has 0 radical (unpaired) electrons. The minimum absolute atomic E-state index is 0.106. The summed E-state index contributed by atoms with van der Waals surface area (Å²) in [5, 5.41) is 8.59. The van der Waals surface area contributed by atoms with Crippen LogP contribution in [-0.2, 0) is 25.7 Å². The second-order valence-electron chi connectivity index (χ2n) is 3.74. The van der Waals surface area contributed by atoms with E-state index in [1.165, 1.54) is 7.11 Å². The quantitative estimate of drug-likeness (QED) is 0.746. The maximum absolute atomic E-state index is 11.4. The van der Waals surface area contributed by atoms with Crippen LogP contribution in [0.15, 0.2) is 30.3 Å². The monoisotopic (exact) mass is 252 g/mol. The molecule has 18 heavy (non-hydrogen) atoms. The molecular weight excluding hydrogens is 236 g/mol. The Morgan fingerprint density at radius 3 is 2.50 bits per heavy atom. The summed E-state index contributed by atoms with van der Waals surface area (Å²) in [5.41, 5.74) is 0.918. The summed E-state index contributed by atoms with van der Waals surface area (Å²) in [4.78, 5) is 21.9. The number of ether oxygens (including phenoxy) is 2. The number of hydrogen-bond donors (Lipinski definition) is 1. The van der Waals surface area contributed by atoms with Crippen LogP contribution in [0.3, 0.4) is 0 Å². The zero-order chi connectivity index (χ0) is 13.4. The smallest absolute Gasteiger partial charge is 0.335 e. The van der Waals surface area contributed by atoms with Crippen molar-refractivity contribution in [2.75, 3.05) is 7.11 Å². The maximum Gasteiger partial charge on any atom is 0.335 e. The first-order valence-electron chi connectivity index (χ1n) is 5.58. The number of esters is 1. The molecule has 0 aliphatic heterocycles. The number of hydrogen-bond acceptors (Lipinski definition) is 4. The summed E-state index contributed by atoms with van der Waals surface area (Å²) in [7, 11) is 1.25. The first-order chi connectivity index (χ1) is 8.63. The largest absolute Gasteiger partial charge is 0.481 e. The van der Waals surface area contributed by atoms with E-state index >= 15 is 0 Å². The molecule has 0 aliphatic rings. The van der Waals surface area contributed by atoms with Gasteiger partial charge >= 0.3 is 11.9 Å². The van der Waals surface area contributed by atoms with Crippen LogP contribution >= 0.6 is 0 Å². The summed E-state index contributed by atoms with van der Waals surface area (Å²) in [6, 6.07) is 9.34. The summed E-state index contributed by atoms with van der Waals surface area (Å²) in [6.07, 6.45) is -0.866. The Morgan fingerprint density at radius 2 is 1.94 bits per heavy atom. The fourth-order valence-corrected chi connectivity index (χ4v) is 1.43. The van der Waals surface area contributed by atoms with Crippen LogP contribution in [0.2, 0.25) is 0 Å². The molecule has 0 saturated carbocycles. The summed E-state index contributed by atoms with van der Waals surface area (Å²) in [6.45, 7) is 0.250. The second kappa shape index (κ2) is 7.45. The molecule has 0 amide bonds. The fourth-order valence-electron chi connectivity index (χ4n) is 1.43. The molecule has 5 heteroatoms. The Hall–Kier alpha value is -1.88. The normalized spacial score (nSPS) is 11.8. The van der Waals surface area contributed by atoms with E-state index in [0.29, 0.717) is 0 Å².